The maximum atomic E-state index is 3.34. The molecule has 2 atom stereocenters. The molecule has 9 heavy (non-hydrogen) atoms. The van der Waals surface area contributed by atoms with E-state index in [1.165, 1.54) is 0 Å². The third-order valence-corrected chi connectivity index (χ3v) is 1.95. The van der Waals surface area contributed by atoms with E-state index in [4.69, 9.17) is 0 Å². The Morgan fingerprint density at radius 2 is 2.11 bits per heavy atom. The number of fused-ring (bicyclic) bond motifs is 1. The molecule has 0 aromatic rings. The third-order valence-electron chi connectivity index (χ3n) is 1.95. The lowest BCUT2D eigenvalue weighted by Crippen LogP contribution is -2.56. The summed E-state index contributed by atoms with van der Waals surface area (Å²) in [6, 6.07) is 1.21. The van der Waals surface area contributed by atoms with Crippen LogP contribution in [-0.2, 0) is 0 Å². The fourth-order valence-electron chi connectivity index (χ4n) is 1.38. The molecule has 0 radical (unpaired) electrons. The van der Waals surface area contributed by atoms with Gasteiger partial charge < -0.3 is 5.32 Å². The van der Waals surface area contributed by atoms with Gasteiger partial charge in [-0.3, -0.25) is 16.2 Å². The molecule has 4 nitrogen and oxygen atoms in total. The zero-order valence-electron chi connectivity index (χ0n) is 5.28. The highest BCUT2D eigenvalue weighted by atomic mass is 15.4. The minimum Gasteiger partial charge on any atom is -0.303 e. The highest BCUT2D eigenvalue weighted by Crippen LogP contribution is 1.98. The zero-order chi connectivity index (χ0) is 6.10. The van der Waals surface area contributed by atoms with E-state index < -0.39 is 0 Å². The van der Waals surface area contributed by atoms with Gasteiger partial charge in [0.2, 0.25) is 0 Å². The Kier molecular flexibility index (Phi) is 1.39. The summed E-state index contributed by atoms with van der Waals surface area (Å²) >= 11 is 0. The van der Waals surface area contributed by atoms with Crippen molar-refractivity contribution in [2.45, 2.75) is 12.1 Å². The monoisotopic (exact) mass is 128 g/mol. The standard InChI is InChI=1S/C5H12N4/c1-5-4(2-8-9-5)7-3-6-1/h4-9H,1-3H2. The average Bonchev–Trinajstić information content (AvgIpc) is 2.33. The van der Waals surface area contributed by atoms with Crippen LogP contribution in [0.3, 0.4) is 0 Å². The Hall–Kier alpha value is -0.160. The molecule has 2 heterocycles. The van der Waals surface area contributed by atoms with Crippen LogP contribution in [-0.4, -0.2) is 31.8 Å². The molecule has 4 heteroatoms. The maximum absolute atomic E-state index is 3.34. The highest BCUT2D eigenvalue weighted by molar-refractivity contribution is 4.91. The molecule has 2 unspecified atom stereocenters. The molecule has 2 aliphatic heterocycles. The Morgan fingerprint density at radius 1 is 1.11 bits per heavy atom. The third kappa shape index (κ3) is 0.943. The van der Waals surface area contributed by atoms with Crippen molar-refractivity contribution >= 4 is 0 Å². The normalized spacial score (nSPS) is 42.7. The van der Waals surface area contributed by atoms with E-state index in [1.54, 1.807) is 0 Å². The van der Waals surface area contributed by atoms with E-state index in [1.807, 2.05) is 0 Å². The van der Waals surface area contributed by atoms with Gasteiger partial charge in [0.1, 0.15) is 0 Å². The minimum absolute atomic E-state index is 0.582. The average molecular weight is 128 g/mol. The smallest absolute Gasteiger partial charge is 0.0504 e. The first-order valence-electron chi connectivity index (χ1n) is 3.39. The molecule has 0 bridgehead atoms. The second kappa shape index (κ2) is 2.22. The quantitative estimate of drug-likeness (QED) is 0.304. The predicted octanol–water partition coefficient (Wildman–Crippen LogP) is -2.02. The van der Waals surface area contributed by atoms with Gasteiger partial charge in [0.25, 0.3) is 0 Å². The van der Waals surface area contributed by atoms with Crippen molar-refractivity contribution < 1.29 is 0 Å². The second-order valence-electron chi connectivity index (χ2n) is 2.57. The van der Waals surface area contributed by atoms with Gasteiger partial charge in [0.15, 0.2) is 0 Å². The Morgan fingerprint density at radius 3 is 3.00 bits per heavy atom. The molecule has 0 aliphatic carbocycles. The molecule has 2 saturated heterocycles. The van der Waals surface area contributed by atoms with Crippen molar-refractivity contribution in [3.05, 3.63) is 0 Å². The van der Waals surface area contributed by atoms with Crippen LogP contribution in [0, 0.1) is 0 Å². The summed E-state index contributed by atoms with van der Waals surface area (Å²) in [7, 11) is 0. The summed E-state index contributed by atoms with van der Waals surface area (Å²) in [6.07, 6.45) is 0. The molecular weight excluding hydrogens is 116 g/mol. The van der Waals surface area contributed by atoms with Gasteiger partial charge >= 0.3 is 0 Å². The molecule has 0 aromatic carbocycles. The van der Waals surface area contributed by atoms with Crippen molar-refractivity contribution in [2.75, 3.05) is 19.8 Å². The lowest BCUT2D eigenvalue weighted by atomic mass is 10.1. The number of nitrogens with one attached hydrogen (secondary N) is 4. The highest BCUT2D eigenvalue weighted by Gasteiger charge is 2.27. The first kappa shape index (κ1) is 5.61. The van der Waals surface area contributed by atoms with Crippen molar-refractivity contribution in [2.24, 2.45) is 0 Å². The van der Waals surface area contributed by atoms with Crippen LogP contribution in [0.4, 0.5) is 0 Å². The van der Waals surface area contributed by atoms with Gasteiger partial charge in [0, 0.05) is 25.8 Å². The van der Waals surface area contributed by atoms with Crippen LogP contribution < -0.4 is 21.5 Å². The molecule has 2 rings (SSSR count). The fraction of sp³-hybridized carbons (Fsp3) is 1.00. The van der Waals surface area contributed by atoms with Crippen LogP contribution in [0.1, 0.15) is 0 Å². The van der Waals surface area contributed by atoms with E-state index in [2.05, 4.69) is 21.5 Å². The number of hydrogen-bond acceptors (Lipinski definition) is 4. The van der Waals surface area contributed by atoms with Crippen LogP contribution in [0.15, 0.2) is 0 Å². The van der Waals surface area contributed by atoms with Gasteiger partial charge in [-0.1, -0.05) is 0 Å². The summed E-state index contributed by atoms with van der Waals surface area (Å²) < 4.78 is 0. The molecule has 0 spiro atoms. The van der Waals surface area contributed by atoms with Gasteiger partial charge in [-0.25, -0.2) is 0 Å². The molecule has 0 aromatic heterocycles. The van der Waals surface area contributed by atoms with E-state index in [0.29, 0.717) is 12.1 Å². The minimum atomic E-state index is 0.582. The van der Waals surface area contributed by atoms with E-state index in [0.717, 1.165) is 19.8 Å². The van der Waals surface area contributed by atoms with Gasteiger partial charge in [0.05, 0.1) is 6.04 Å². The van der Waals surface area contributed by atoms with E-state index >= 15 is 0 Å². The van der Waals surface area contributed by atoms with Gasteiger partial charge in [-0.05, 0) is 0 Å². The Labute approximate surface area is 54.4 Å². The first-order valence-corrected chi connectivity index (χ1v) is 3.39. The maximum Gasteiger partial charge on any atom is 0.0504 e. The Balaban J connectivity index is 1.97. The van der Waals surface area contributed by atoms with Crippen molar-refractivity contribution in [1.82, 2.24) is 21.5 Å². The van der Waals surface area contributed by atoms with Crippen molar-refractivity contribution in [1.29, 1.82) is 0 Å². The fourth-order valence-corrected chi connectivity index (χ4v) is 1.38. The largest absolute Gasteiger partial charge is 0.303 e. The van der Waals surface area contributed by atoms with Crippen LogP contribution in [0.5, 0.6) is 0 Å². The van der Waals surface area contributed by atoms with Crippen LogP contribution in [0.25, 0.3) is 0 Å². The molecule has 2 aliphatic rings. The van der Waals surface area contributed by atoms with E-state index in [9.17, 15) is 0 Å². The van der Waals surface area contributed by atoms with Crippen molar-refractivity contribution in [3.8, 4) is 0 Å². The summed E-state index contributed by atoms with van der Waals surface area (Å²) in [5.74, 6) is 0. The zero-order valence-corrected chi connectivity index (χ0v) is 5.28. The summed E-state index contributed by atoms with van der Waals surface area (Å²) in [5.41, 5.74) is 6.30. The number of rotatable bonds is 0. The molecule has 0 saturated carbocycles. The van der Waals surface area contributed by atoms with Gasteiger partial charge in [-0.2, -0.15) is 0 Å². The lowest BCUT2D eigenvalue weighted by Gasteiger charge is -2.25. The second-order valence-corrected chi connectivity index (χ2v) is 2.57. The lowest BCUT2D eigenvalue weighted by molar-refractivity contribution is 0.363. The molecule has 2 fully saturated rings. The van der Waals surface area contributed by atoms with Crippen LogP contribution >= 0.6 is 0 Å². The summed E-state index contributed by atoms with van der Waals surface area (Å²) in [6.45, 7) is 3.07. The molecular formula is C5H12N4. The number of hydrazine groups is 1. The topological polar surface area (TPSA) is 48.1 Å². The van der Waals surface area contributed by atoms with E-state index in [-0.39, 0.29) is 0 Å². The summed E-state index contributed by atoms with van der Waals surface area (Å²) in [4.78, 5) is 0. The summed E-state index contributed by atoms with van der Waals surface area (Å²) in [5, 5.41) is 6.59. The van der Waals surface area contributed by atoms with Crippen LogP contribution in [0.2, 0.25) is 0 Å². The van der Waals surface area contributed by atoms with Gasteiger partial charge in [-0.15, -0.1) is 0 Å². The number of hydrogen-bond donors (Lipinski definition) is 4. The predicted molar refractivity (Wildman–Crippen MR) is 34.7 cm³/mol. The molecule has 52 valence electrons. The Bertz CT molecular complexity index is 93.1. The molecule has 0 amide bonds. The molecule has 4 N–H and O–H groups in total. The van der Waals surface area contributed by atoms with Crippen molar-refractivity contribution in [3.63, 3.8) is 0 Å². The first-order chi connectivity index (χ1) is 4.47. The SMILES string of the molecule is C1NCC2NNCC2N1.